The van der Waals surface area contributed by atoms with Gasteiger partial charge in [0.2, 0.25) is 5.91 Å². The number of carbonyl (C=O) groups excluding carboxylic acids is 1. The summed E-state index contributed by atoms with van der Waals surface area (Å²) in [6.07, 6.45) is 15.3. The Morgan fingerprint density at radius 3 is 2.75 bits per heavy atom. The number of carbonyl (C=O) groups is 1. The molecular weight excluding hydrogens is 452 g/mol. The molecule has 4 aliphatic carbocycles. The van der Waals surface area contributed by atoms with Crippen LogP contribution in [-0.4, -0.2) is 69.8 Å². The van der Waals surface area contributed by atoms with Crippen molar-refractivity contribution in [3.05, 3.63) is 35.4 Å². The second kappa shape index (κ2) is 8.22. The zero-order valence-corrected chi connectivity index (χ0v) is 21.5. The maximum Gasteiger partial charge on any atom is 0.246 e. The lowest BCUT2D eigenvalue weighted by atomic mass is 9.48. The van der Waals surface area contributed by atoms with Gasteiger partial charge < -0.3 is 19.8 Å². The molecule has 6 heteroatoms. The fourth-order valence-corrected chi connectivity index (χ4v) is 8.68. The summed E-state index contributed by atoms with van der Waals surface area (Å²) in [7, 11) is 1.90. The van der Waals surface area contributed by atoms with Crippen LogP contribution in [0.3, 0.4) is 0 Å². The fourth-order valence-electron chi connectivity index (χ4n) is 8.68. The average molecular weight is 493 g/mol. The lowest BCUT2D eigenvalue weighted by Gasteiger charge is -2.64. The van der Waals surface area contributed by atoms with E-state index in [4.69, 9.17) is 4.74 Å². The number of hydrogen-bond donors (Lipinski definition) is 2. The minimum Gasteiger partial charge on any atom is -0.504 e. The molecule has 7 rings (SSSR count). The second-order valence-electron chi connectivity index (χ2n) is 12.6. The number of piperidine rings is 1. The van der Waals surface area contributed by atoms with E-state index in [1.165, 1.54) is 50.5 Å². The molecule has 2 aliphatic heterocycles. The van der Waals surface area contributed by atoms with Gasteiger partial charge in [-0.25, -0.2) is 0 Å². The Kier molecular flexibility index (Phi) is 5.28. The van der Waals surface area contributed by atoms with Gasteiger partial charge in [0.1, 0.15) is 6.10 Å². The molecule has 0 aromatic heterocycles. The third-order valence-electron chi connectivity index (χ3n) is 10.7. The summed E-state index contributed by atoms with van der Waals surface area (Å²) in [6.45, 7) is 2.01. The molecule has 2 unspecified atom stereocenters. The maximum atomic E-state index is 13.4. The summed E-state index contributed by atoms with van der Waals surface area (Å²) < 4.78 is 6.64. The molecule has 6 nitrogen and oxygen atoms in total. The number of rotatable bonds is 5. The normalized spacial score (nSPS) is 37.6. The van der Waals surface area contributed by atoms with Crippen LogP contribution in [0, 0.1) is 11.8 Å². The summed E-state index contributed by atoms with van der Waals surface area (Å²) in [5.41, 5.74) is 0.743. The van der Waals surface area contributed by atoms with Gasteiger partial charge in [-0.15, -0.1) is 0 Å². The van der Waals surface area contributed by atoms with Crippen molar-refractivity contribution < 1.29 is 19.7 Å². The lowest BCUT2D eigenvalue weighted by Crippen LogP contribution is -2.78. The molecule has 1 amide bonds. The largest absolute Gasteiger partial charge is 0.504 e. The molecule has 1 aromatic rings. The van der Waals surface area contributed by atoms with Crippen molar-refractivity contribution in [2.24, 2.45) is 11.8 Å². The van der Waals surface area contributed by atoms with Gasteiger partial charge in [-0.1, -0.05) is 31.4 Å². The number of likely N-dealkylation sites (tertiary alicyclic amines) is 1. The number of allylic oxidation sites excluding steroid dienone is 1. The zero-order valence-electron chi connectivity index (χ0n) is 21.5. The summed E-state index contributed by atoms with van der Waals surface area (Å²) in [6, 6.07) is 3.72. The van der Waals surface area contributed by atoms with Gasteiger partial charge in [-0.2, -0.15) is 0 Å². The molecule has 36 heavy (non-hydrogen) atoms. The van der Waals surface area contributed by atoms with E-state index >= 15 is 0 Å². The molecule has 1 aromatic carbocycles. The number of ether oxygens (including phenoxy) is 1. The molecule has 1 saturated heterocycles. The highest BCUT2D eigenvalue weighted by Crippen LogP contribution is 2.66. The van der Waals surface area contributed by atoms with Gasteiger partial charge in [0.25, 0.3) is 0 Å². The Hall–Kier alpha value is -2.05. The van der Waals surface area contributed by atoms with Crippen LogP contribution < -0.4 is 4.74 Å². The van der Waals surface area contributed by atoms with Crippen LogP contribution in [0.1, 0.15) is 75.3 Å². The number of likely N-dealkylation sites (N-methyl/N-ethyl adjacent to an activating group) is 1. The summed E-state index contributed by atoms with van der Waals surface area (Å²) >= 11 is 0. The molecule has 2 N–H and O–H groups in total. The monoisotopic (exact) mass is 492 g/mol. The number of phenolic OH excluding ortho intramolecular Hbond substituents is 1. The Labute approximate surface area is 214 Å². The quantitative estimate of drug-likeness (QED) is 0.610. The van der Waals surface area contributed by atoms with Crippen LogP contribution in [0.5, 0.6) is 11.5 Å². The number of aromatic hydroxyl groups is 1. The van der Waals surface area contributed by atoms with E-state index < -0.39 is 11.0 Å². The highest BCUT2D eigenvalue weighted by atomic mass is 16.5. The van der Waals surface area contributed by atoms with Crippen LogP contribution in [0.15, 0.2) is 24.3 Å². The van der Waals surface area contributed by atoms with Crippen molar-refractivity contribution in [2.45, 2.75) is 99.8 Å². The first-order valence-electron chi connectivity index (χ1n) is 14.4. The molecule has 6 aliphatic rings. The Morgan fingerprint density at radius 1 is 1.17 bits per heavy atom. The first kappa shape index (κ1) is 23.1. The van der Waals surface area contributed by atoms with Crippen LogP contribution in [0.2, 0.25) is 0 Å². The summed E-state index contributed by atoms with van der Waals surface area (Å²) in [5, 5.41) is 23.4. The van der Waals surface area contributed by atoms with Crippen molar-refractivity contribution >= 4 is 5.91 Å². The molecule has 1 spiro atoms. The average Bonchev–Trinajstić information content (AvgIpc) is 3.63. The Morgan fingerprint density at radius 2 is 1.97 bits per heavy atom. The van der Waals surface area contributed by atoms with Crippen LogP contribution in [0.4, 0.5) is 0 Å². The minimum atomic E-state index is -0.908. The van der Waals surface area contributed by atoms with Gasteiger partial charge in [0.15, 0.2) is 11.5 Å². The highest BCUT2D eigenvalue weighted by molar-refractivity contribution is 5.87. The first-order valence-corrected chi connectivity index (χ1v) is 14.4. The summed E-state index contributed by atoms with van der Waals surface area (Å²) in [5.74, 6) is 2.01. The van der Waals surface area contributed by atoms with E-state index in [-0.39, 0.29) is 29.8 Å². The molecule has 194 valence electrons. The van der Waals surface area contributed by atoms with Crippen LogP contribution >= 0.6 is 0 Å². The SMILES string of the molecule is CN(C(=O)/C=C/C1CCCCC1)C1CC[C@@]2(O)[C@H]3Cc4ccc(O)c5c4[C@@]2(CCN3CC2CC2)C1O5. The smallest absolute Gasteiger partial charge is 0.246 e. The lowest BCUT2D eigenvalue weighted by molar-refractivity contribution is -0.200. The fraction of sp³-hybridized carbons (Fsp3) is 0.700. The first-order chi connectivity index (χ1) is 17.4. The summed E-state index contributed by atoms with van der Waals surface area (Å²) in [4.78, 5) is 17.8. The topological polar surface area (TPSA) is 73.2 Å². The van der Waals surface area contributed by atoms with Gasteiger partial charge in [0, 0.05) is 25.2 Å². The number of amides is 1. The van der Waals surface area contributed by atoms with Gasteiger partial charge in [-0.05, 0) is 87.5 Å². The third kappa shape index (κ3) is 3.19. The van der Waals surface area contributed by atoms with Gasteiger partial charge >= 0.3 is 0 Å². The number of benzene rings is 1. The number of phenols is 1. The standard InChI is InChI=1S/C30H40N2O4/c1-31(25(34)12-9-19-5-3-2-4-6-19)22-13-14-30(35)24-17-21-10-11-23(33)27-26(21)29(30,28(22)36-27)15-16-32(24)18-20-7-8-20/h9-12,19-20,22,24,28,33,35H,2-8,13-18H2,1H3/b12-9+/t22?,24-,28?,29+,30-/m1/s1. The van der Waals surface area contributed by atoms with Crippen molar-refractivity contribution in [1.82, 2.24) is 9.80 Å². The van der Waals surface area contributed by atoms with E-state index in [0.717, 1.165) is 37.4 Å². The van der Waals surface area contributed by atoms with E-state index in [0.29, 0.717) is 24.5 Å². The minimum absolute atomic E-state index is 0.0231. The van der Waals surface area contributed by atoms with Crippen molar-refractivity contribution in [1.29, 1.82) is 0 Å². The van der Waals surface area contributed by atoms with Crippen molar-refractivity contribution in [3.8, 4) is 11.5 Å². The molecule has 5 atom stereocenters. The van der Waals surface area contributed by atoms with Crippen LogP contribution in [-0.2, 0) is 16.6 Å². The Balaban J connectivity index is 1.23. The molecule has 2 heterocycles. The van der Waals surface area contributed by atoms with Gasteiger partial charge in [-0.3, -0.25) is 9.69 Å². The van der Waals surface area contributed by atoms with E-state index in [9.17, 15) is 15.0 Å². The predicted octanol–water partition coefficient (Wildman–Crippen LogP) is 3.92. The second-order valence-corrected chi connectivity index (χ2v) is 12.6. The predicted molar refractivity (Wildman–Crippen MR) is 137 cm³/mol. The maximum absolute atomic E-state index is 13.4. The van der Waals surface area contributed by atoms with Gasteiger partial charge in [0.05, 0.1) is 17.1 Å². The molecular formula is C30H40N2O4. The van der Waals surface area contributed by atoms with E-state index in [2.05, 4.69) is 11.0 Å². The van der Waals surface area contributed by atoms with Crippen molar-refractivity contribution in [3.63, 3.8) is 0 Å². The molecule has 3 saturated carbocycles. The van der Waals surface area contributed by atoms with E-state index in [1.807, 2.05) is 18.0 Å². The zero-order chi connectivity index (χ0) is 24.7. The van der Waals surface area contributed by atoms with E-state index in [1.54, 1.807) is 12.1 Å². The molecule has 0 radical (unpaired) electrons. The Bertz CT molecular complexity index is 1090. The van der Waals surface area contributed by atoms with Crippen molar-refractivity contribution in [2.75, 3.05) is 20.1 Å². The molecule has 4 fully saturated rings. The number of hydrogen-bond acceptors (Lipinski definition) is 5. The number of nitrogens with zero attached hydrogens (tertiary/aromatic N) is 2. The highest BCUT2D eigenvalue weighted by Gasteiger charge is 2.73. The number of aliphatic hydroxyl groups is 1. The molecule has 2 bridgehead atoms. The van der Waals surface area contributed by atoms with Crippen LogP contribution in [0.25, 0.3) is 0 Å². The third-order valence-corrected chi connectivity index (χ3v) is 10.7.